The van der Waals surface area contributed by atoms with Crippen LogP contribution in [0.25, 0.3) is 0 Å². The number of hydrogen-bond donors (Lipinski definition) is 0. The van der Waals surface area contributed by atoms with Crippen molar-refractivity contribution in [2.45, 2.75) is 19.4 Å². The summed E-state index contributed by atoms with van der Waals surface area (Å²) in [5.41, 5.74) is 5.55. The standard InChI is InChI=1S/C18H21NO/c1-13-5-4-6-14(9-13)18-12-19(2)11-15-10-16(20-3)7-8-17(15)18/h4-10,18H,11-12H2,1-3H3. The van der Waals surface area contributed by atoms with Crippen LogP contribution in [0.1, 0.15) is 28.2 Å². The molecule has 20 heavy (non-hydrogen) atoms. The number of likely N-dealkylation sites (N-methyl/N-ethyl adjacent to an activating group) is 1. The second kappa shape index (κ2) is 5.29. The van der Waals surface area contributed by atoms with Crippen LogP contribution in [0.4, 0.5) is 0 Å². The number of methoxy groups -OCH3 is 1. The first-order valence-electron chi connectivity index (χ1n) is 7.09. The second-order valence-corrected chi connectivity index (χ2v) is 5.73. The van der Waals surface area contributed by atoms with Gasteiger partial charge in [0.05, 0.1) is 7.11 Å². The van der Waals surface area contributed by atoms with Crippen LogP contribution < -0.4 is 4.74 Å². The van der Waals surface area contributed by atoms with Crippen LogP contribution in [0.2, 0.25) is 0 Å². The molecule has 0 aromatic heterocycles. The molecule has 1 heterocycles. The van der Waals surface area contributed by atoms with Crippen molar-refractivity contribution in [3.05, 3.63) is 64.7 Å². The van der Waals surface area contributed by atoms with Crippen LogP contribution in [-0.2, 0) is 6.54 Å². The van der Waals surface area contributed by atoms with Gasteiger partial charge in [-0.15, -0.1) is 0 Å². The van der Waals surface area contributed by atoms with Crippen molar-refractivity contribution in [2.24, 2.45) is 0 Å². The van der Waals surface area contributed by atoms with Gasteiger partial charge in [-0.2, -0.15) is 0 Å². The highest BCUT2D eigenvalue weighted by atomic mass is 16.5. The molecular weight excluding hydrogens is 246 g/mol. The number of ether oxygens (including phenoxy) is 1. The first kappa shape index (κ1) is 13.2. The lowest BCUT2D eigenvalue weighted by Crippen LogP contribution is -2.31. The Morgan fingerprint density at radius 2 is 2.00 bits per heavy atom. The molecule has 1 unspecified atom stereocenters. The van der Waals surface area contributed by atoms with E-state index in [1.165, 1.54) is 22.3 Å². The Labute approximate surface area is 121 Å². The third-order valence-corrected chi connectivity index (χ3v) is 4.10. The van der Waals surface area contributed by atoms with E-state index in [2.05, 4.69) is 61.3 Å². The Balaban J connectivity index is 2.06. The van der Waals surface area contributed by atoms with Gasteiger partial charge in [0.15, 0.2) is 0 Å². The molecule has 0 radical (unpaired) electrons. The van der Waals surface area contributed by atoms with Gasteiger partial charge in [-0.1, -0.05) is 35.9 Å². The molecule has 2 aromatic rings. The first-order chi connectivity index (χ1) is 9.67. The Morgan fingerprint density at radius 3 is 2.75 bits per heavy atom. The summed E-state index contributed by atoms with van der Waals surface area (Å²) >= 11 is 0. The van der Waals surface area contributed by atoms with E-state index in [1.807, 2.05) is 0 Å². The highest BCUT2D eigenvalue weighted by molar-refractivity contribution is 5.44. The number of hydrogen-bond acceptors (Lipinski definition) is 2. The lowest BCUT2D eigenvalue weighted by atomic mass is 9.84. The molecule has 1 aliphatic rings. The number of nitrogens with zero attached hydrogens (tertiary/aromatic N) is 1. The monoisotopic (exact) mass is 267 g/mol. The quantitative estimate of drug-likeness (QED) is 0.824. The predicted molar refractivity (Wildman–Crippen MR) is 82.4 cm³/mol. The molecule has 0 spiro atoms. The average molecular weight is 267 g/mol. The number of aryl methyl sites for hydroxylation is 1. The van der Waals surface area contributed by atoms with E-state index in [9.17, 15) is 0 Å². The van der Waals surface area contributed by atoms with E-state index < -0.39 is 0 Å². The average Bonchev–Trinajstić information content (AvgIpc) is 2.45. The minimum Gasteiger partial charge on any atom is -0.497 e. The maximum Gasteiger partial charge on any atom is 0.119 e. The summed E-state index contributed by atoms with van der Waals surface area (Å²) < 4.78 is 5.36. The van der Waals surface area contributed by atoms with E-state index in [0.29, 0.717) is 5.92 Å². The Bertz CT molecular complexity index is 621. The zero-order valence-electron chi connectivity index (χ0n) is 12.4. The van der Waals surface area contributed by atoms with Crippen molar-refractivity contribution in [1.29, 1.82) is 0 Å². The van der Waals surface area contributed by atoms with Crippen molar-refractivity contribution in [3.8, 4) is 5.75 Å². The van der Waals surface area contributed by atoms with E-state index in [4.69, 9.17) is 4.74 Å². The van der Waals surface area contributed by atoms with Gasteiger partial charge >= 0.3 is 0 Å². The summed E-state index contributed by atoms with van der Waals surface area (Å²) in [6.07, 6.45) is 0. The SMILES string of the molecule is COc1ccc2c(c1)CN(C)CC2c1cccc(C)c1. The van der Waals surface area contributed by atoms with Gasteiger partial charge in [-0.25, -0.2) is 0 Å². The van der Waals surface area contributed by atoms with E-state index in [1.54, 1.807) is 7.11 Å². The van der Waals surface area contributed by atoms with Crippen molar-refractivity contribution in [1.82, 2.24) is 4.90 Å². The molecule has 2 nitrogen and oxygen atoms in total. The van der Waals surface area contributed by atoms with Gasteiger partial charge in [0.1, 0.15) is 5.75 Å². The summed E-state index contributed by atoms with van der Waals surface area (Å²) in [6, 6.07) is 15.3. The molecule has 3 rings (SSSR count). The fourth-order valence-corrected chi connectivity index (χ4v) is 3.12. The van der Waals surface area contributed by atoms with Crippen molar-refractivity contribution >= 4 is 0 Å². The predicted octanol–water partition coefficient (Wildman–Crippen LogP) is 3.58. The maximum absolute atomic E-state index is 5.36. The van der Waals surface area contributed by atoms with Crippen LogP contribution in [-0.4, -0.2) is 25.6 Å². The highest BCUT2D eigenvalue weighted by Crippen LogP contribution is 2.35. The highest BCUT2D eigenvalue weighted by Gasteiger charge is 2.25. The van der Waals surface area contributed by atoms with E-state index in [-0.39, 0.29) is 0 Å². The van der Waals surface area contributed by atoms with Gasteiger partial charge in [0, 0.05) is 19.0 Å². The molecule has 0 bridgehead atoms. The van der Waals surface area contributed by atoms with Crippen LogP contribution in [0, 0.1) is 6.92 Å². The molecule has 0 saturated heterocycles. The lowest BCUT2D eigenvalue weighted by Gasteiger charge is -2.33. The summed E-state index contributed by atoms with van der Waals surface area (Å²) in [7, 11) is 3.91. The number of rotatable bonds is 2. The molecule has 1 atom stereocenters. The van der Waals surface area contributed by atoms with Crippen molar-refractivity contribution < 1.29 is 4.74 Å². The lowest BCUT2D eigenvalue weighted by molar-refractivity contribution is 0.294. The van der Waals surface area contributed by atoms with E-state index >= 15 is 0 Å². The molecule has 104 valence electrons. The molecule has 0 amide bonds. The molecule has 0 N–H and O–H groups in total. The normalized spacial score (nSPS) is 18.6. The fourth-order valence-electron chi connectivity index (χ4n) is 3.12. The second-order valence-electron chi connectivity index (χ2n) is 5.73. The Morgan fingerprint density at radius 1 is 1.15 bits per heavy atom. The molecule has 0 aliphatic carbocycles. The first-order valence-corrected chi connectivity index (χ1v) is 7.09. The van der Waals surface area contributed by atoms with Crippen LogP contribution in [0.5, 0.6) is 5.75 Å². The third-order valence-electron chi connectivity index (χ3n) is 4.10. The number of benzene rings is 2. The van der Waals surface area contributed by atoms with Gasteiger partial charge in [0.25, 0.3) is 0 Å². The Hall–Kier alpha value is -1.80. The minimum absolute atomic E-state index is 0.453. The Kier molecular flexibility index (Phi) is 3.49. The zero-order chi connectivity index (χ0) is 14.1. The maximum atomic E-state index is 5.36. The molecule has 1 aliphatic heterocycles. The van der Waals surface area contributed by atoms with Gasteiger partial charge in [-0.05, 0) is 42.8 Å². The summed E-state index contributed by atoms with van der Waals surface area (Å²) in [5, 5.41) is 0. The minimum atomic E-state index is 0.453. The molecule has 2 heteroatoms. The summed E-state index contributed by atoms with van der Waals surface area (Å²) in [6.45, 7) is 4.22. The third kappa shape index (κ3) is 2.44. The van der Waals surface area contributed by atoms with E-state index in [0.717, 1.165) is 18.8 Å². The topological polar surface area (TPSA) is 12.5 Å². The fraction of sp³-hybridized carbons (Fsp3) is 0.333. The summed E-state index contributed by atoms with van der Waals surface area (Å²) in [4.78, 5) is 2.38. The molecular formula is C18H21NO. The smallest absolute Gasteiger partial charge is 0.119 e. The molecule has 0 saturated carbocycles. The summed E-state index contributed by atoms with van der Waals surface area (Å²) in [5.74, 6) is 1.40. The van der Waals surface area contributed by atoms with Crippen molar-refractivity contribution in [2.75, 3.05) is 20.7 Å². The van der Waals surface area contributed by atoms with Crippen LogP contribution in [0.3, 0.4) is 0 Å². The molecule has 2 aromatic carbocycles. The zero-order valence-corrected chi connectivity index (χ0v) is 12.4. The molecule has 0 fully saturated rings. The van der Waals surface area contributed by atoms with Crippen LogP contribution in [0.15, 0.2) is 42.5 Å². The van der Waals surface area contributed by atoms with Gasteiger partial charge in [-0.3, -0.25) is 0 Å². The largest absolute Gasteiger partial charge is 0.497 e. The van der Waals surface area contributed by atoms with Gasteiger partial charge in [0.2, 0.25) is 0 Å². The van der Waals surface area contributed by atoms with Crippen molar-refractivity contribution in [3.63, 3.8) is 0 Å². The number of fused-ring (bicyclic) bond motifs is 1. The van der Waals surface area contributed by atoms with Crippen LogP contribution >= 0.6 is 0 Å². The van der Waals surface area contributed by atoms with Gasteiger partial charge < -0.3 is 9.64 Å².